The summed E-state index contributed by atoms with van der Waals surface area (Å²) in [4.78, 5) is 16.8. The Kier molecular flexibility index (Phi) is 4.17. The van der Waals surface area contributed by atoms with E-state index < -0.39 is 5.41 Å². The van der Waals surface area contributed by atoms with E-state index in [-0.39, 0.29) is 5.91 Å². The van der Waals surface area contributed by atoms with E-state index in [1.165, 1.54) is 6.39 Å². The van der Waals surface area contributed by atoms with Gasteiger partial charge in [0.05, 0.1) is 24.3 Å². The van der Waals surface area contributed by atoms with Crippen LogP contribution in [0.1, 0.15) is 18.4 Å². The zero-order chi connectivity index (χ0) is 18.1. The molecule has 132 valence electrons. The van der Waals surface area contributed by atoms with Crippen molar-refractivity contribution in [3.05, 3.63) is 65.6 Å². The molecular formula is C20H17ClN2O3. The number of hydrogen-bond donors (Lipinski definition) is 1. The monoisotopic (exact) mass is 368 g/mol. The number of hydrogen-bond acceptors (Lipinski definition) is 4. The number of oxazole rings is 1. The number of anilines is 1. The Morgan fingerprint density at radius 3 is 2.73 bits per heavy atom. The summed E-state index contributed by atoms with van der Waals surface area (Å²) in [5.74, 6) is 1.15. The van der Waals surface area contributed by atoms with Gasteiger partial charge in [0.1, 0.15) is 5.75 Å². The first-order chi connectivity index (χ1) is 12.6. The number of carbonyl (C=O) groups is 1. The number of ether oxygens (including phenoxy) is 1. The lowest BCUT2D eigenvalue weighted by molar-refractivity contribution is -0.118. The highest BCUT2D eigenvalue weighted by Crippen LogP contribution is 2.51. The van der Waals surface area contributed by atoms with Gasteiger partial charge in [0.2, 0.25) is 5.91 Å². The minimum atomic E-state index is -0.546. The summed E-state index contributed by atoms with van der Waals surface area (Å²) in [7, 11) is 1.58. The highest BCUT2D eigenvalue weighted by Gasteiger charge is 2.52. The van der Waals surface area contributed by atoms with Crippen LogP contribution in [0.3, 0.4) is 0 Å². The topological polar surface area (TPSA) is 64.4 Å². The van der Waals surface area contributed by atoms with E-state index in [4.69, 9.17) is 20.8 Å². The van der Waals surface area contributed by atoms with Crippen molar-refractivity contribution in [3.63, 3.8) is 0 Å². The van der Waals surface area contributed by atoms with Crippen LogP contribution in [0.2, 0.25) is 5.02 Å². The van der Waals surface area contributed by atoms with Crippen LogP contribution < -0.4 is 10.1 Å². The SMILES string of the molecule is COc1cc(NC(=O)C2(c3ccccc3Cl)CC2)ccc1-c1cnco1. The Hall–Kier alpha value is -2.79. The van der Waals surface area contributed by atoms with Crippen LogP contribution in [0.25, 0.3) is 11.3 Å². The lowest BCUT2D eigenvalue weighted by Crippen LogP contribution is -2.28. The van der Waals surface area contributed by atoms with E-state index in [0.29, 0.717) is 22.2 Å². The zero-order valence-corrected chi connectivity index (χ0v) is 14.9. The highest BCUT2D eigenvalue weighted by atomic mass is 35.5. The average molecular weight is 369 g/mol. The minimum absolute atomic E-state index is 0.0555. The summed E-state index contributed by atoms with van der Waals surface area (Å²) >= 11 is 6.30. The highest BCUT2D eigenvalue weighted by molar-refractivity contribution is 6.32. The molecule has 0 radical (unpaired) electrons. The molecule has 4 rings (SSSR count). The second kappa shape index (κ2) is 6.50. The Morgan fingerprint density at radius 1 is 1.27 bits per heavy atom. The van der Waals surface area contributed by atoms with Gasteiger partial charge in [0.15, 0.2) is 12.2 Å². The van der Waals surface area contributed by atoms with E-state index >= 15 is 0 Å². The van der Waals surface area contributed by atoms with Gasteiger partial charge in [-0.2, -0.15) is 0 Å². The Bertz CT molecular complexity index is 949. The van der Waals surface area contributed by atoms with Crippen LogP contribution in [0, 0.1) is 0 Å². The number of methoxy groups -OCH3 is 1. The first-order valence-corrected chi connectivity index (χ1v) is 8.65. The van der Waals surface area contributed by atoms with Crippen molar-refractivity contribution in [2.75, 3.05) is 12.4 Å². The maximum Gasteiger partial charge on any atom is 0.235 e. The van der Waals surface area contributed by atoms with Gasteiger partial charge in [-0.1, -0.05) is 29.8 Å². The van der Waals surface area contributed by atoms with Crippen LogP contribution in [0.4, 0.5) is 5.69 Å². The van der Waals surface area contributed by atoms with Gasteiger partial charge in [-0.25, -0.2) is 4.98 Å². The normalized spacial score (nSPS) is 14.7. The van der Waals surface area contributed by atoms with Gasteiger partial charge < -0.3 is 14.5 Å². The summed E-state index contributed by atoms with van der Waals surface area (Å²) in [6, 6.07) is 12.9. The number of nitrogens with zero attached hydrogens (tertiary/aromatic N) is 1. The van der Waals surface area contributed by atoms with Crippen molar-refractivity contribution in [2.45, 2.75) is 18.3 Å². The molecule has 1 amide bonds. The van der Waals surface area contributed by atoms with Crippen molar-refractivity contribution in [2.24, 2.45) is 0 Å². The van der Waals surface area contributed by atoms with Crippen LogP contribution in [-0.2, 0) is 10.2 Å². The summed E-state index contributed by atoms with van der Waals surface area (Å²) < 4.78 is 10.8. The molecular weight excluding hydrogens is 352 g/mol. The van der Waals surface area contributed by atoms with Crippen molar-refractivity contribution in [1.82, 2.24) is 4.98 Å². The fourth-order valence-electron chi connectivity index (χ4n) is 3.17. The van der Waals surface area contributed by atoms with E-state index in [0.717, 1.165) is 24.0 Å². The third kappa shape index (κ3) is 2.84. The summed E-state index contributed by atoms with van der Waals surface area (Å²) in [6.07, 6.45) is 4.56. The molecule has 0 spiro atoms. The maximum absolute atomic E-state index is 12.9. The molecule has 0 bridgehead atoms. The first-order valence-electron chi connectivity index (χ1n) is 8.27. The largest absolute Gasteiger partial charge is 0.496 e. The van der Waals surface area contributed by atoms with Gasteiger partial charge in [-0.05, 0) is 36.6 Å². The summed E-state index contributed by atoms with van der Waals surface area (Å²) in [5.41, 5.74) is 1.77. The van der Waals surface area contributed by atoms with E-state index in [1.54, 1.807) is 19.4 Å². The van der Waals surface area contributed by atoms with Gasteiger partial charge in [-0.15, -0.1) is 0 Å². The number of aromatic nitrogens is 1. The Morgan fingerprint density at radius 2 is 2.08 bits per heavy atom. The van der Waals surface area contributed by atoms with Crippen LogP contribution in [0.5, 0.6) is 5.75 Å². The Labute approximate surface area is 156 Å². The lowest BCUT2D eigenvalue weighted by atomic mass is 9.94. The summed E-state index contributed by atoms with van der Waals surface area (Å²) in [6.45, 7) is 0. The number of amides is 1. The predicted octanol–water partition coefficient (Wildman–Crippen LogP) is 4.67. The van der Waals surface area contributed by atoms with Crippen LogP contribution >= 0.6 is 11.6 Å². The van der Waals surface area contributed by atoms with Crippen LogP contribution in [0.15, 0.2) is 59.5 Å². The molecule has 0 aliphatic heterocycles. The van der Waals surface area contributed by atoms with Crippen molar-refractivity contribution >= 4 is 23.2 Å². The number of benzene rings is 2. The molecule has 5 nitrogen and oxygen atoms in total. The average Bonchev–Trinajstić information content (AvgIpc) is 3.28. The molecule has 3 aromatic rings. The molecule has 0 unspecified atom stereocenters. The third-order valence-corrected chi connectivity index (χ3v) is 5.06. The molecule has 1 N–H and O–H groups in total. The predicted molar refractivity (Wildman–Crippen MR) is 99.5 cm³/mol. The molecule has 1 aliphatic rings. The fraction of sp³-hybridized carbons (Fsp3) is 0.200. The molecule has 1 fully saturated rings. The first kappa shape index (κ1) is 16.7. The molecule has 1 heterocycles. The number of halogens is 1. The fourth-order valence-corrected chi connectivity index (χ4v) is 3.48. The maximum atomic E-state index is 12.9. The second-order valence-corrected chi connectivity index (χ2v) is 6.70. The van der Waals surface area contributed by atoms with Crippen molar-refractivity contribution in [3.8, 4) is 17.1 Å². The van der Waals surface area contributed by atoms with E-state index in [1.807, 2.05) is 36.4 Å². The molecule has 1 saturated carbocycles. The molecule has 0 atom stereocenters. The minimum Gasteiger partial charge on any atom is -0.496 e. The van der Waals surface area contributed by atoms with Gasteiger partial charge in [0.25, 0.3) is 0 Å². The van der Waals surface area contributed by atoms with Gasteiger partial charge >= 0.3 is 0 Å². The zero-order valence-electron chi connectivity index (χ0n) is 14.2. The molecule has 6 heteroatoms. The molecule has 0 saturated heterocycles. The molecule has 1 aromatic heterocycles. The summed E-state index contributed by atoms with van der Waals surface area (Å²) in [5, 5.41) is 3.62. The molecule has 1 aliphatic carbocycles. The standard InChI is InChI=1S/C20H17ClN2O3/c1-25-17-10-13(6-7-14(17)18-11-22-12-26-18)23-19(24)20(8-9-20)15-4-2-3-5-16(15)21/h2-7,10-12H,8-9H2,1H3,(H,23,24). The quantitative estimate of drug-likeness (QED) is 0.710. The molecule has 2 aromatic carbocycles. The van der Waals surface area contributed by atoms with Crippen molar-refractivity contribution < 1.29 is 13.9 Å². The van der Waals surface area contributed by atoms with Crippen molar-refractivity contribution in [1.29, 1.82) is 0 Å². The second-order valence-electron chi connectivity index (χ2n) is 6.30. The van der Waals surface area contributed by atoms with E-state index in [2.05, 4.69) is 10.3 Å². The smallest absolute Gasteiger partial charge is 0.235 e. The third-order valence-electron chi connectivity index (χ3n) is 4.73. The molecule has 26 heavy (non-hydrogen) atoms. The number of rotatable bonds is 5. The van der Waals surface area contributed by atoms with Crippen LogP contribution in [-0.4, -0.2) is 18.0 Å². The lowest BCUT2D eigenvalue weighted by Gasteiger charge is -2.18. The number of carbonyl (C=O) groups excluding carboxylic acids is 1. The van der Waals surface area contributed by atoms with E-state index in [9.17, 15) is 4.79 Å². The number of nitrogens with one attached hydrogen (secondary N) is 1. The Balaban J connectivity index is 1.60. The van der Waals surface area contributed by atoms with Gasteiger partial charge in [0, 0.05) is 16.8 Å². The van der Waals surface area contributed by atoms with Gasteiger partial charge in [-0.3, -0.25) is 4.79 Å².